The Labute approximate surface area is 122 Å². The molecule has 0 spiro atoms. The summed E-state index contributed by atoms with van der Waals surface area (Å²) in [4.78, 5) is 0. The number of hydrogen-bond acceptors (Lipinski definition) is 2. The van der Waals surface area contributed by atoms with Gasteiger partial charge >= 0.3 is 0 Å². The predicted octanol–water partition coefficient (Wildman–Crippen LogP) is 3.20. The number of fused-ring (bicyclic) bond motifs is 1. The summed E-state index contributed by atoms with van der Waals surface area (Å²) in [5.74, 6) is 4.54. The molecule has 21 heavy (non-hydrogen) atoms. The van der Waals surface area contributed by atoms with E-state index in [1.807, 2.05) is 6.07 Å². The third kappa shape index (κ3) is 2.96. The van der Waals surface area contributed by atoms with Crippen LogP contribution in [-0.4, -0.2) is 0 Å². The molecule has 4 heteroatoms. The Morgan fingerprint density at radius 3 is 2.62 bits per heavy atom. The van der Waals surface area contributed by atoms with Gasteiger partial charge in [0.05, 0.1) is 6.04 Å². The van der Waals surface area contributed by atoms with Crippen molar-refractivity contribution in [3.63, 3.8) is 0 Å². The second kappa shape index (κ2) is 5.92. The predicted molar refractivity (Wildman–Crippen MR) is 78.6 cm³/mol. The van der Waals surface area contributed by atoms with Gasteiger partial charge in [0.15, 0.2) is 0 Å². The molecule has 0 amide bonds. The van der Waals surface area contributed by atoms with Crippen LogP contribution in [0.15, 0.2) is 36.4 Å². The molecule has 3 rings (SSSR count). The molecule has 0 fully saturated rings. The fraction of sp³-hybridized carbons (Fsp3) is 0.294. The van der Waals surface area contributed by atoms with Crippen LogP contribution in [0.2, 0.25) is 0 Å². The van der Waals surface area contributed by atoms with Gasteiger partial charge < -0.3 is 0 Å². The van der Waals surface area contributed by atoms with Gasteiger partial charge in [0.2, 0.25) is 0 Å². The highest BCUT2D eigenvalue weighted by Crippen LogP contribution is 2.27. The first-order valence-electron chi connectivity index (χ1n) is 7.19. The molecule has 2 aromatic carbocycles. The number of halogens is 2. The van der Waals surface area contributed by atoms with Gasteiger partial charge in [-0.3, -0.25) is 11.3 Å². The van der Waals surface area contributed by atoms with Crippen LogP contribution >= 0.6 is 0 Å². The summed E-state index contributed by atoms with van der Waals surface area (Å²) in [5.41, 5.74) is 6.99. The number of aryl methyl sites for hydroxylation is 2. The lowest BCUT2D eigenvalue weighted by atomic mass is 9.96. The summed E-state index contributed by atoms with van der Waals surface area (Å²) >= 11 is 0. The molecule has 0 aromatic heterocycles. The fourth-order valence-electron chi connectivity index (χ4n) is 2.99. The number of hydrogen-bond donors (Lipinski definition) is 2. The lowest BCUT2D eigenvalue weighted by molar-refractivity contribution is 0.521. The third-order valence-corrected chi connectivity index (χ3v) is 4.17. The van der Waals surface area contributed by atoms with E-state index >= 15 is 0 Å². The summed E-state index contributed by atoms with van der Waals surface area (Å²) < 4.78 is 26.7. The Morgan fingerprint density at radius 2 is 1.86 bits per heavy atom. The Balaban J connectivity index is 1.85. The van der Waals surface area contributed by atoms with Crippen LogP contribution in [0.1, 0.15) is 34.7 Å². The van der Waals surface area contributed by atoms with Gasteiger partial charge in [-0.25, -0.2) is 8.78 Å². The first-order valence-corrected chi connectivity index (χ1v) is 7.19. The first-order chi connectivity index (χ1) is 10.2. The molecule has 2 nitrogen and oxygen atoms in total. The maximum Gasteiger partial charge on any atom is 0.129 e. The second-order valence-corrected chi connectivity index (χ2v) is 5.54. The van der Waals surface area contributed by atoms with Gasteiger partial charge in [-0.1, -0.05) is 24.3 Å². The van der Waals surface area contributed by atoms with E-state index in [2.05, 4.69) is 17.6 Å². The molecule has 1 unspecified atom stereocenters. The van der Waals surface area contributed by atoms with Gasteiger partial charge in [0.25, 0.3) is 0 Å². The Kier molecular flexibility index (Phi) is 3.99. The quantitative estimate of drug-likeness (QED) is 0.670. The maximum absolute atomic E-state index is 13.8. The second-order valence-electron chi connectivity index (χ2n) is 5.54. The van der Waals surface area contributed by atoms with Crippen molar-refractivity contribution >= 4 is 0 Å². The number of rotatable bonds is 4. The monoisotopic (exact) mass is 288 g/mol. The van der Waals surface area contributed by atoms with Crippen LogP contribution < -0.4 is 11.3 Å². The van der Waals surface area contributed by atoms with E-state index in [4.69, 9.17) is 5.84 Å². The number of benzene rings is 2. The summed E-state index contributed by atoms with van der Waals surface area (Å²) in [5, 5.41) is 0. The van der Waals surface area contributed by atoms with E-state index in [-0.39, 0.29) is 6.04 Å². The maximum atomic E-state index is 13.8. The van der Waals surface area contributed by atoms with Gasteiger partial charge in [-0.05, 0) is 54.0 Å². The molecule has 3 N–H and O–H groups in total. The van der Waals surface area contributed by atoms with E-state index in [1.54, 1.807) is 0 Å². The number of nitrogens with two attached hydrogens (primary N) is 1. The Hall–Kier alpha value is -1.78. The van der Waals surface area contributed by atoms with Crippen molar-refractivity contribution in [1.82, 2.24) is 5.43 Å². The zero-order chi connectivity index (χ0) is 14.8. The molecule has 0 aliphatic heterocycles. The smallest absolute Gasteiger partial charge is 0.129 e. The average molecular weight is 288 g/mol. The summed E-state index contributed by atoms with van der Waals surface area (Å²) in [6, 6.07) is 9.78. The molecule has 2 aromatic rings. The molecular formula is C17H18F2N2. The lowest BCUT2D eigenvalue weighted by Crippen LogP contribution is -2.30. The lowest BCUT2D eigenvalue weighted by Gasteiger charge is -2.18. The van der Waals surface area contributed by atoms with E-state index in [0.29, 0.717) is 12.0 Å². The minimum atomic E-state index is -0.564. The SMILES string of the molecule is NNC(Cc1ccc(F)cc1F)c1ccc2c(c1)CCC2. The van der Waals surface area contributed by atoms with Gasteiger partial charge in [0, 0.05) is 6.07 Å². The van der Waals surface area contributed by atoms with E-state index in [0.717, 1.165) is 24.5 Å². The minimum absolute atomic E-state index is 0.184. The van der Waals surface area contributed by atoms with Crippen LogP contribution in [-0.2, 0) is 19.3 Å². The van der Waals surface area contributed by atoms with Gasteiger partial charge in [-0.2, -0.15) is 0 Å². The number of hydrazine groups is 1. The summed E-state index contributed by atoms with van der Waals surface area (Å²) in [6.07, 6.45) is 3.79. The van der Waals surface area contributed by atoms with Crippen molar-refractivity contribution < 1.29 is 8.78 Å². The van der Waals surface area contributed by atoms with Crippen molar-refractivity contribution in [2.24, 2.45) is 5.84 Å². The van der Waals surface area contributed by atoms with E-state index in [1.165, 1.54) is 29.7 Å². The standard InChI is InChI=1S/C17H18F2N2/c18-15-7-6-13(16(19)10-15)9-17(21-20)14-5-4-11-2-1-3-12(11)8-14/h4-8,10,17,21H,1-3,9,20H2. The fourth-order valence-corrected chi connectivity index (χ4v) is 2.99. The van der Waals surface area contributed by atoms with Crippen LogP contribution in [0.5, 0.6) is 0 Å². The highest BCUT2D eigenvalue weighted by Gasteiger charge is 2.17. The third-order valence-electron chi connectivity index (χ3n) is 4.17. The van der Waals surface area contributed by atoms with Crippen LogP contribution in [0.3, 0.4) is 0 Å². The molecule has 1 atom stereocenters. The normalized spacial score (nSPS) is 15.0. The van der Waals surface area contributed by atoms with E-state index < -0.39 is 11.6 Å². The van der Waals surface area contributed by atoms with Crippen LogP contribution in [0.4, 0.5) is 8.78 Å². The Morgan fingerprint density at radius 1 is 1.05 bits per heavy atom. The zero-order valence-corrected chi connectivity index (χ0v) is 11.7. The molecule has 0 bridgehead atoms. The summed E-state index contributed by atoms with van der Waals surface area (Å²) in [7, 11) is 0. The highest BCUT2D eigenvalue weighted by molar-refractivity contribution is 5.37. The van der Waals surface area contributed by atoms with Gasteiger partial charge in [-0.15, -0.1) is 0 Å². The molecular weight excluding hydrogens is 270 g/mol. The molecule has 0 heterocycles. The molecule has 110 valence electrons. The Bertz CT molecular complexity index is 655. The van der Waals surface area contributed by atoms with E-state index in [9.17, 15) is 8.78 Å². The van der Waals surface area contributed by atoms with Crippen molar-refractivity contribution in [3.05, 3.63) is 70.3 Å². The highest BCUT2D eigenvalue weighted by atomic mass is 19.1. The minimum Gasteiger partial charge on any atom is -0.271 e. The molecule has 0 saturated carbocycles. The zero-order valence-electron chi connectivity index (χ0n) is 11.7. The van der Waals surface area contributed by atoms with Crippen molar-refractivity contribution in [2.45, 2.75) is 31.7 Å². The average Bonchev–Trinajstić information content (AvgIpc) is 2.94. The van der Waals surface area contributed by atoms with Crippen molar-refractivity contribution in [3.8, 4) is 0 Å². The first kappa shape index (κ1) is 14.2. The largest absolute Gasteiger partial charge is 0.271 e. The molecule has 1 aliphatic carbocycles. The van der Waals surface area contributed by atoms with Crippen molar-refractivity contribution in [2.75, 3.05) is 0 Å². The van der Waals surface area contributed by atoms with Crippen LogP contribution in [0.25, 0.3) is 0 Å². The van der Waals surface area contributed by atoms with Gasteiger partial charge in [0.1, 0.15) is 11.6 Å². The summed E-state index contributed by atoms with van der Waals surface area (Å²) in [6.45, 7) is 0. The molecule has 0 radical (unpaired) electrons. The number of nitrogens with one attached hydrogen (secondary N) is 1. The molecule has 1 aliphatic rings. The van der Waals surface area contributed by atoms with Crippen LogP contribution in [0, 0.1) is 11.6 Å². The van der Waals surface area contributed by atoms with Crippen molar-refractivity contribution in [1.29, 1.82) is 0 Å². The molecule has 0 saturated heterocycles. The topological polar surface area (TPSA) is 38.0 Å².